The maximum atomic E-state index is 12.8. The van der Waals surface area contributed by atoms with Crippen LogP contribution in [0.1, 0.15) is 52.6 Å². The molecule has 2 heterocycles. The second kappa shape index (κ2) is 7.91. The van der Waals surface area contributed by atoms with Crippen molar-refractivity contribution in [3.8, 4) is 11.1 Å². The van der Waals surface area contributed by atoms with E-state index in [1.165, 1.54) is 0 Å². The van der Waals surface area contributed by atoms with Crippen LogP contribution in [0.15, 0.2) is 48.5 Å². The summed E-state index contributed by atoms with van der Waals surface area (Å²) in [5, 5.41) is 3.00. The molecule has 0 fully saturated rings. The standard InChI is InChI=1S/C26H24N2O3/c1-2-31-26(30)24-20-11-7-6-10-18(20)23(27-24)15-21-19-13-12-17(14-22(19)28-25(21)29)16-8-4-3-5-9-16/h3-5,8-9,12-15,27H,2,6-7,10-11H2,1H3,(H,28,29)/b21-15-. The van der Waals surface area contributed by atoms with Gasteiger partial charge in [0, 0.05) is 16.9 Å². The summed E-state index contributed by atoms with van der Waals surface area (Å²) in [5.41, 5.74) is 7.99. The number of benzene rings is 2. The molecule has 156 valence electrons. The SMILES string of the molecule is CCOC(=O)c1[nH]c(/C=C2\C(=O)Nc3cc(-c4ccccc4)ccc32)c2c1CCCC2. The van der Waals surface area contributed by atoms with Gasteiger partial charge in [-0.1, -0.05) is 42.5 Å². The Kier molecular flexibility index (Phi) is 4.94. The Hall–Kier alpha value is -3.60. The van der Waals surface area contributed by atoms with Crippen LogP contribution in [0.2, 0.25) is 0 Å². The van der Waals surface area contributed by atoms with Gasteiger partial charge in [0.15, 0.2) is 0 Å². The summed E-state index contributed by atoms with van der Waals surface area (Å²) in [5.74, 6) is -0.453. The highest BCUT2D eigenvalue weighted by Gasteiger charge is 2.28. The zero-order valence-corrected chi connectivity index (χ0v) is 17.5. The van der Waals surface area contributed by atoms with Gasteiger partial charge in [-0.05, 0) is 67.0 Å². The minimum absolute atomic E-state index is 0.128. The second-order valence-electron chi connectivity index (χ2n) is 7.94. The van der Waals surface area contributed by atoms with Crippen LogP contribution in [0.25, 0.3) is 22.8 Å². The van der Waals surface area contributed by atoms with E-state index in [4.69, 9.17) is 4.74 Å². The molecule has 0 bridgehead atoms. The van der Waals surface area contributed by atoms with Crippen molar-refractivity contribution in [2.45, 2.75) is 32.6 Å². The molecule has 0 radical (unpaired) electrons. The van der Waals surface area contributed by atoms with Crippen LogP contribution in [-0.2, 0) is 22.4 Å². The van der Waals surface area contributed by atoms with Crippen molar-refractivity contribution < 1.29 is 14.3 Å². The van der Waals surface area contributed by atoms with Crippen molar-refractivity contribution in [1.29, 1.82) is 0 Å². The van der Waals surface area contributed by atoms with E-state index in [1.807, 2.05) is 42.5 Å². The van der Waals surface area contributed by atoms with E-state index in [9.17, 15) is 9.59 Å². The van der Waals surface area contributed by atoms with Gasteiger partial charge in [0.05, 0.1) is 12.2 Å². The number of anilines is 1. The summed E-state index contributed by atoms with van der Waals surface area (Å²) in [4.78, 5) is 28.5. The molecule has 0 saturated heterocycles. The molecular weight excluding hydrogens is 388 g/mol. The van der Waals surface area contributed by atoms with Gasteiger partial charge in [0.2, 0.25) is 0 Å². The van der Waals surface area contributed by atoms with Gasteiger partial charge in [0.1, 0.15) is 5.69 Å². The van der Waals surface area contributed by atoms with E-state index in [0.29, 0.717) is 17.9 Å². The molecule has 1 aliphatic carbocycles. The minimum atomic E-state index is -0.325. The largest absolute Gasteiger partial charge is 0.461 e. The number of ether oxygens (including phenoxy) is 1. The Balaban J connectivity index is 1.56. The Morgan fingerprint density at radius 2 is 1.81 bits per heavy atom. The summed E-state index contributed by atoms with van der Waals surface area (Å²) in [6.45, 7) is 2.14. The van der Waals surface area contributed by atoms with Crippen LogP contribution in [0.5, 0.6) is 0 Å². The Morgan fingerprint density at radius 3 is 2.58 bits per heavy atom. The van der Waals surface area contributed by atoms with Gasteiger partial charge < -0.3 is 15.0 Å². The normalized spacial score (nSPS) is 16.0. The van der Waals surface area contributed by atoms with Gasteiger partial charge in [-0.25, -0.2) is 4.79 Å². The van der Waals surface area contributed by atoms with E-state index in [2.05, 4.69) is 22.4 Å². The molecule has 31 heavy (non-hydrogen) atoms. The Labute approximate surface area is 181 Å². The lowest BCUT2D eigenvalue weighted by Gasteiger charge is -2.13. The number of aromatic amines is 1. The molecule has 2 N–H and O–H groups in total. The number of aromatic nitrogens is 1. The topological polar surface area (TPSA) is 71.2 Å². The average molecular weight is 412 g/mol. The van der Waals surface area contributed by atoms with Gasteiger partial charge in [-0.15, -0.1) is 0 Å². The Morgan fingerprint density at radius 1 is 1.03 bits per heavy atom. The Bertz CT molecular complexity index is 1200. The van der Waals surface area contributed by atoms with Crippen LogP contribution in [-0.4, -0.2) is 23.5 Å². The fourth-order valence-corrected chi connectivity index (χ4v) is 4.56. The number of fused-ring (bicyclic) bond motifs is 2. The highest BCUT2D eigenvalue weighted by Crippen LogP contribution is 2.38. The number of carbonyl (C=O) groups excluding carboxylic acids is 2. The highest BCUT2D eigenvalue weighted by atomic mass is 16.5. The molecule has 3 aromatic rings. The first-order valence-corrected chi connectivity index (χ1v) is 10.8. The van der Waals surface area contributed by atoms with Gasteiger partial charge >= 0.3 is 5.97 Å². The van der Waals surface area contributed by atoms with Crippen molar-refractivity contribution >= 4 is 29.2 Å². The fourth-order valence-electron chi connectivity index (χ4n) is 4.56. The summed E-state index contributed by atoms with van der Waals surface area (Å²) in [7, 11) is 0. The number of carbonyl (C=O) groups is 2. The quantitative estimate of drug-likeness (QED) is 0.455. The van der Waals surface area contributed by atoms with Crippen molar-refractivity contribution in [3.05, 3.63) is 76.6 Å². The van der Waals surface area contributed by atoms with Crippen molar-refractivity contribution in [1.82, 2.24) is 4.98 Å². The third-order valence-electron chi connectivity index (χ3n) is 6.03. The number of nitrogens with one attached hydrogen (secondary N) is 2. The summed E-state index contributed by atoms with van der Waals surface area (Å²) < 4.78 is 5.24. The van der Waals surface area contributed by atoms with Gasteiger partial charge in [-0.3, -0.25) is 4.79 Å². The van der Waals surface area contributed by atoms with Crippen molar-refractivity contribution in [3.63, 3.8) is 0 Å². The molecule has 5 rings (SSSR count). The fraction of sp³-hybridized carbons (Fsp3) is 0.231. The lowest BCUT2D eigenvalue weighted by atomic mass is 9.91. The van der Waals surface area contributed by atoms with E-state index in [1.54, 1.807) is 6.92 Å². The third-order valence-corrected chi connectivity index (χ3v) is 6.03. The van der Waals surface area contributed by atoms with Gasteiger partial charge in [-0.2, -0.15) is 0 Å². The molecule has 2 aliphatic rings. The minimum Gasteiger partial charge on any atom is -0.461 e. The smallest absolute Gasteiger partial charge is 0.355 e. The molecule has 1 amide bonds. The summed E-state index contributed by atoms with van der Waals surface area (Å²) in [6, 6.07) is 16.1. The number of hydrogen-bond acceptors (Lipinski definition) is 3. The molecule has 0 saturated carbocycles. The monoisotopic (exact) mass is 412 g/mol. The van der Waals surface area contributed by atoms with Crippen LogP contribution in [0.4, 0.5) is 5.69 Å². The number of amides is 1. The zero-order chi connectivity index (χ0) is 21.4. The van der Waals surface area contributed by atoms with E-state index in [-0.39, 0.29) is 11.9 Å². The maximum absolute atomic E-state index is 12.8. The predicted octanol–water partition coefficient (Wildman–Crippen LogP) is 5.23. The molecule has 5 nitrogen and oxygen atoms in total. The summed E-state index contributed by atoms with van der Waals surface area (Å²) >= 11 is 0. The van der Waals surface area contributed by atoms with Crippen LogP contribution < -0.4 is 5.32 Å². The summed E-state index contributed by atoms with van der Waals surface area (Å²) in [6.07, 6.45) is 5.76. The van der Waals surface area contributed by atoms with Crippen molar-refractivity contribution in [2.24, 2.45) is 0 Å². The first kappa shape index (κ1) is 19.4. The number of rotatable bonds is 4. The van der Waals surface area contributed by atoms with Crippen LogP contribution >= 0.6 is 0 Å². The number of H-pyrrole nitrogens is 1. The molecule has 2 aromatic carbocycles. The lowest BCUT2D eigenvalue weighted by molar-refractivity contribution is -0.110. The van der Waals surface area contributed by atoms with E-state index >= 15 is 0 Å². The number of hydrogen-bond donors (Lipinski definition) is 2. The zero-order valence-electron chi connectivity index (χ0n) is 17.5. The molecule has 0 atom stereocenters. The van der Waals surface area contributed by atoms with Gasteiger partial charge in [0.25, 0.3) is 5.91 Å². The third kappa shape index (κ3) is 3.46. The molecule has 5 heteroatoms. The second-order valence-corrected chi connectivity index (χ2v) is 7.94. The predicted molar refractivity (Wildman–Crippen MR) is 122 cm³/mol. The highest BCUT2D eigenvalue weighted by molar-refractivity contribution is 6.35. The van der Waals surface area contributed by atoms with Crippen LogP contribution in [0, 0.1) is 0 Å². The lowest BCUT2D eigenvalue weighted by Crippen LogP contribution is -2.10. The van der Waals surface area contributed by atoms with E-state index < -0.39 is 0 Å². The number of esters is 1. The first-order chi connectivity index (χ1) is 15.2. The molecular formula is C26H24N2O3. The van der Waals surface area contributed by atoms with Crippen LogP contribution in [0.3, 0.4) is 0 Å². The first-order valence-electron chi connectivity index (χ1n) is 10.8. The molecule has 1 aromatic heterocycles. The van der Waals surface area contributed by atoms with Crippen molar-refractivity contribution in [2.75, 3.05) is 11.9 Å². The maximum Gasteiger partial charge on any atom is 0.355 e. The average Bonchev–Trinajstić information content (AvgIpc) is 3.32. The molecule has 1 aliphatic heterocycles. The molecule has 0 spiro atoms. The van der Waals surface area contributed by atoms with E-state index in [0.717, 1.165) is 64.9 Å². The molecule has 0 unspecified atom stereocenters.